The van der Waals surface area contributed by atoms with Crippen LogP contribution < -0.4 is 10.2 Å². The predicted molar refractivity (Wildman–Crippen MR) is 234 cm³/mol. The number of fused-ring (bicyclic) bond motifs is 1. The number of nitrogens with zero attached hydrogens (tertiary/aromatic N) is 7. The van der Waals surface area contributed by atoms with E-state index in [1.165, 1.54) is 10.6 Å². The van der Waals surface area contributed by atoms with Crippen molar-refractivity contribution in [3.63, 3.8) is 0 Å². The third-order valence-electron chi connectivity index (χ3n) is 12.8. The van der Waals surface area contributed by atoms with Gasteiger partial charge in [0.2, 0.25) is 11.8 Å². The van der Waals surface area contributed by atoms with E-state index >= 15 is 0 Å². The maximum atomic E-state index is 14.3. The predicted octanol–water partition coefficient (Wildman–Crippen LogP) is 6.65. The maximum Gasteiger partial charge on any atom is 0.243 e. The van der Waals surface area contributed by atoms with Gasteiger partial charge in [-0.1, -0.05) is 55.4 Å². The van der Waals surface area contributed by atoms with Crippen molar-refractivity contribution in [2.45, 2.75) is 77.0 Å². The van der Waals surface area contributed by atoms with Crippen LogP contribution >= 0.6 is 11.3 Å². The van der Waals surface area contributed by atoms with Gasteiger partial charge in [0.25, 0.3) is 0 Å². The van der Waals surface area contributed by atoms with Gasteiger partial charge in [0, 0.05) is 68.9 Å². The Labute approximate surface area is 359 Å². The quantitative estimate of drug-likeness (QED) is 0.104. The van der Waals surface area contributed by atoms with Crippen LogP contribution in [0, 0.1) is 18.8 Å². The number of carbonyl (C=O) groups excluding carboxylic acids is 2. The first-order valence-corrected chi connectivity index (χ1v) is 22.2. The number of phenolic OH excluding ortho intramolecular Hbond substituents is 1. The van der Waals surface area contributed by atoms with Gasteiger partial charge in [0.05, 0.1) is 39.4 Å². The van der Waals surface area contributed by atoms with Crippen LogP contribution in [0.25, 0.3) is 32.7 Å². The van der Waals surface area contributed by atoms with Crippen molar-refractivity contribution in [3.05, 3.63) is 95.0 Å². The molecule has 0 saturated carbocycles. The standard InChI is InChI=1S/C46H53N9O5S/c1-26(2)43(46(59)55-24-33(56)17-39(55)45(58)48-27(3)30-9-11-31(12-10-30)44-28(4)47-25-61-44)41-20-42(52-60-41)54-15-13-29(14-16-54)21-53-22-32(23-53)35-18-38-37(49-35)19-36(50-51-38)34-7-5-6-8-40(34)57/h5-12,18-20,25-27,29,32-33,39,43,49,56-57H,13-17,21-24H2,1-4H3,(H,48,58)/t27-,33+,39-,43+/m0/s1. The number of aliphatic hydroxyl groups excluding tert-OH is 1. The molecule has 15 heteroatoms. The van der Waals surface area contributed by atoms with Gasteiger partial charge >= 0.3 is 0 Å². The molecule has 2 amide bonds. The monoisotopic (exact) mass is 843 g/mol. The summed E-state index contributed by atoms with van der Waals surface area (Å²) in [5, 5.41) is 37.3. The largest absolute Gasteiger partial charge is 0.507 e. The summed E-state index contributed by atoms with van der Waals surface area (Å²) in [4.78, 5) is 43.3. The minimum Gasteiger partial charge on any atom is -0.507 e. The highest BCUT2D eigenvalue weighted by atomic mass is 32.1. The van der Waals surface area contributed by atoms with Gasteiger partial charge in [0.1, 0.15) is 23.2 Å². The number of thiazole rings is 1. The lowest BCUT2D eigenvalue weighted by Gasteiger charge is -2.42. The first-order chi connectivity index (χ1) is 29.5. The molecule has 3 saturated heterocycles. The summed E-state index contributed by atoms with van der Waals surface area (Å²) >= 11 is 1.60. The van der Waals surface area contributed by atoms with Crippen LogP contribution in [0.3, 0.4) is 0 Å². The SMILES string of the molecule is Cc1ncsc1-c1ccc([C@H](C)NC(=O)[C@@H]2C[C@@H](O)CN2C(=O)[C@@H](c2cc(N3CCC(CN4CC(c5cc6nnc(-c7ccccc7O)cc6[nH]5)C4)CC3)no2)C(C)C)cc1. The Balaban J connectivity index is 0.771. The Hall–Kier alpha value is -5.64. The fraction of sp³-hybridized carbons (Fsp3) is 0.435. The molecule has 9 rings (SSSR count). The number of hydrogen-bond donors (Lipinski definition) is 4. The van der Waals surface area contributed by atoms with Crippen LogP contribution in [0.15, 0.2) is 76.8 Å². The minimum absolute atomic E-state index is 0.0852. The third kappa shape index (κ3) is 8.38. The number of phenols is 1. The fourth-order valence-electron chi connectivity index (χ4n) is 9.30. The molecule has 0 radical (unpaired) electrons. The van der Waals surface area contributed by atoms with Crippen molar-refractivity contribution in [1.82, 2.24) is 40.4 Å². The number of hydrogen-bond acceptors (Lipinski definition) is 12. The van der Waals surface area contributed by atoms with Crippen LogP contribution in [-0.4, -0.2) is 109 Å². The molecule has 4 atom stereocenters. The molecule has 14 nitrogen and oxygen atoms in total. The molecular weight excluding hydrogens is 791 g/mol. The van der Waals surface area contributed by atoms with Crippen LogP contribution in [-0.2, 0) is 9.59 Å². The molecule has 4 N–H and O–H groups in total. The number of carbonyl (C=O) groups is 2. The maximum absolute atomic E-state index is 14.3. The molecule has 3 aliphatic heterocycles. The molecule has 0 aliphatic carbocycles. The van der Waals surface area contributed by atoms with Gasteiger partial charge in [0.15, 0.2) is 11.6 Å². The molecule has 2 aromatic carbocycles. The number of amides is 2. The highest BCUT2D eigenvalue weighted by Gasteiger charge is 2.44. The van der Waals surface area contributed by atoms with Gasteiger partial charge in [-0.25, -0.2) is 4.98 Å². The lowest BCUT2D eigenvalue weighted by atomic mass is 9.90. The van der Waals surface area contributed by atoms with Crippen molar-refractivity contribution < 1.29 is 24.3 Å². The number of aliphatic hydroxyl groups is 1. The van der Waals surface area contributed by atoms with Gasteiger partial charge < -0.3 is 39.7 Å². The smallest absolute Gasteiger partial charge is 0.243 e. The summed E-state index contributed by atoms with van der Waals surface area (Å²) in [5.74, 6) is 1.07. The first kappa shape index (κ1) is 40.7. The molecule has 0 unspecified atom stereocenters. The number of aromatic nitrogens is 5. The Bertz CT molecular complexity index is 2500. The van der Waals surface area contributed by atoms with E-state index < -0.39 is 18.1 Å². The molecule has 4 aromatic heterocycles. The third-order valence-corrected chi connectivity index (χ3v) is 13.8. The normalized spacial score (nSPS) is 20.0. The average molecular weight is 844 g/mol. The van der Waals surface area contributed by atoms with Crippen LogP contribution in [0.5, 0.6) is 5.75 Å². The summed E-state index contributed by atoms with van der Waals surface area (Å²) in [6.07, 6.45) is 1.44. The highest BCUT2D eigenvalue weighted by molar-refractivity contribution is 7.13. The molecule has 6 aromatic rings. The highest BCUT2D eigenvalue weighted by Crippen LogP contribution is 2.36. The number of H-pyrrole nitrogens is 1. The number of benzene rings is 2. The van der Waals surface area contributed by atoms with Crippen LogP contribution in [0.1, 0.15) is 80.6 Å². The Morgan fingerprint density at radius 2 is 1.77 bits per heavy atom. The van der Waals surface area contributed by atoms with E-state index in [9.17, 15) is 19.8 Å². The fourth-order valence-corrected chi connectivity index (χ4v) is 10.1. The minimum atomic E-state index is -0.799. The lowest BCUT2D eigenvalue weighted by molar-refractivity contribution is -0.141. The van der Waals surface area contributed by atoms with Gasteiger partial charge in [-0.05, 0) is 73.9 Å². The number of rotatable bonds is 12. The Morgan fingerprint density at radius 1 is 1.00 bits per heavy atom. The Kier molecular flexibility index (Phi) is 11.4. The first-order valence-electron chi connectivity index (χ1n) is 21.4. The number of aryl methyl sites for hydroxylation is 1. The van der Waals surface area contributed by atoms with E-state index in [4.69, 9.17) is 4.52 Å². The van der Waals surface area contributed by atoms with Crippen molar-refractivity contribution in [1.29, 1.82) is 0 Å². The molecule has 7 heterocycles. The summed E-state index contributed by atoms with van der Waals surface area (Å²) in [6.45, 7) is 12.7. The van der Waals surface area contributed by atoms with Gasteiger partial charge in [-0.2, -0.15) is 0 Å². The molecule has 318 valence electrons. The van der Waals surface area contributed by atoms with E-state index in [0.29, 0.717) is 28.9 Å². The second-order valence-electron chi connectivity index (χ2n) is 17.4. The number of para-hydroxylation sites is 1. The number of piperidine rings is 1. The number of aromatic hydroxyl groups is 1. The second kappa shape index (κ2) is 17.0. The summed E-state index contributed by atoms with van der Waals surface area (Å²) in [5.41, 5.74) is 9.07. The summed E-state index contributed by atoms with van der Waals surface area (Å²) < 4.78 is 5.90. The number of aromatic amines is 1. The summed E-state index contributed by atoms with van der Waals surface area (Å²) in [7, 11) is 0. The van der Waals surface area contributed by atoms with Crippen LogP contribution in [0.2, 0.25) is 0 Å². The van der Waals surface area contributed by atoms with E-state index in [1.807, 2.05) is 81.7 Å². The average Bonchev–Trinajstić information content (AvgIpc) is 4.06. The van der Waals surface area contributed by atoms with Crippen molar-refractivity contribution in [2.75, 3.05) is 44.2 Å². The van der Waals surface area contributed by atoms with Gasteiger partial charge in [-0.15, -0.1) is 21.5 Å². The zero-order chi connectivity index (χ0) is 42.4. The number of β-amino-alcohol motifs (C(OH)–C–C–N with tert-alkyl or cyclic N) is 1. The number of likely N-dealkylation sites (tertiary alicyclic amines) is 2. The molecule has 0 bridgehead atoms. The van der Waals surface area contributed by atoms with E-state index in [2.05, 4.69) is 46.5 Å². The van der Waals surface area contributed by atoms with E-state index in [1.54, 1.807) is 23.5 Å². The molecule has 61 heavy (non-hydrogen) atoms. The van der Waals surface area contributed by atoms with Crippen molar-refractivity contribution in [3.8, 4) is 27.4 Å². The second-order valence-corrected chi connectivity index (χ2v) is 18.3. The Morgan fingerprint density at radius 3 is 2.49 bits per heavy atom. The van der Waals surface area contributed by atoms with Gasteiger partial charge in [-0.3, -0.25) is 9.59 Å². The van der Waals surface area contributed by atoms with Crippen LogP contribution in [0.4, 0.5) is 5.82 Å². The zero-order valence-corrected chi connectivity index (χ0v) is 35.8. The van der Waals surface area contributed by atoms with E-state index in [-0.39, 0.29) is 42.5 Å². The molecular formula is C46H53N9O5S. The topological polar surface area (TPSA) is 177 Å². The van der Waals surface area contributed by atoms with Crippen molar-refractivity contribution in [2.24, 2.45) is 11.8 Å². The zero-order valence-electron chi connectivity index (χ0n) is 35.0. The number of nitrogens with one attached hydrogen (secondary N) is 2. The van der Waals surface area contributed by atoms with Crippen molar-refractivity contribution >= 4 is 40.0 Å². The summed E-state index contributed by atoms with van der Waals surface area (Å²) in [6, 6.07) is 20.1. The molecule has 3 aliphatic rings. The molecule has 0 spiro atoms. The number of anilines is 1. The molecule has 3 fully saturated rings. The van der Waals surface area contributed by atoms with E-state index in [0.717, 1.165) is 84.1 Å². The lowest BCUT2D eigenvalue weighted by Crippen LogP contribution is -2.48.